The number of unbranched alkanes of at least 4 members (excludes halogenated alkanes) is 17. The third-order valence-electron chi connectivity index (χ3n) is 9.74. The van der Waals surface area contributed by atoms with Crippen LogP contribution in [0.25, 0.3) is 0 Å². The average molecular weight is 775 g/mol. The van der Waals surface area contributed by atoms with Crippen LogP contribution in [-0.4, -0.2) is 80.6 Å². The van der Waals surface area contributed by atoms with Gasteiger partial charge in [-0.05, 0) is 51.4 Å². The molecule has 0 aromatic carbocycles. The van der Waals surface area contributed by atoms with Crippen molar-refractivity contribution in [2.75, 3.05) is 41.0 Å². The van der Waals surface area contributed by atoms with Crippen LogP contribution in [0.5, 0.6) is 0 Å². The molecular weight excluding hydrogens is 691 g/mol. The lowest BCUT2D eigenvalue weighted by Gasteiger charge is -2.31. The molecule has 0 aliphatic carbocycles. The van der Waals surface area contributed by atoms with Gasteiger partial charge in [0, 0.05) is 19.3 Å². The number of quaternary nitrogens is 1. The average Bonchev–Trinajstić information content (AvgIpc) is 3.14. The Kier molecular flexibility index (Phi) is 36.3. The van der Waals surface area contributed by atoms with E-state index >= 15 is 0 Å². The molecule has 0 spiro atoms. The summed E-state index contributed by atoms with van der Waals surface area (Å²) in [5.74, 6) is -1.48. The van der Waals surface area contributed by atoms with Crippen LogP contribution in [0.1, 0.15) is 181 Å². The van der Waals surface area contributed by atoms with Crippen LogP contribution in [0, 0.1) is 0 Å². The van der Waals surface area contributed by atoms with Crippen molar-refractivity contribution in [3.05, 3.63) is 48.6 Å². The highest BCUT2D eigenvalue weighted by Crippen LogP contribution is 2.14. The molecule has 0 aromatic heterocycles. The van der Waals surface area contributed by atoms with E-state index in [1.807, 2.05) is 21.1 Å². The lowest BCUT2D eigenvalue weighted by atomic mass is 10.1. The van der Waals surface area contributed by atoms with Crippen molar-refractivity contribution in [2.45, 2.75) is 193 Å². The minimum atomic E-state index is -0.877. The third kappa shape index (κ3) is 36.7. The number of likely N-dealkylation sites (N-methyl/N-ethyl adjacent to an activating group) is 1. The van der Waals surface area contributed by atoms with Gasteiger partial charge in [0.2, 0.25) is 0 Å². The van der Waals surface area contributed by atoms with Gasteiger partial charge in [0.05, 0.1) is 34.4 Å². The first-order chi connectivity index (χ1) is 26.6. The molecule has 2 unspecified atom stereocenters. The van der Waals surface area contributed by atoms with E-state index in [-0.39, 0.29) is 36.2 Å². The fraction of sp³-hybridized carbons (Fsp3) is 0.766. The summed E-state index contributed by atoms with van der Waals surface area (Å²) in [6.07, 6.45) is 44.4. The molecule has 0 aromatic rings. The highest BCUT2D eigenvalue weighted by molar-refractivity contribution is 5.72. The number of hydrogen-bond donors (Lipinski definition) is 1. The molecule has 0 saturated carbocycles. The van der Waals surface area contributed by atoms with Crippen LogP contribution >= 0.6 is 0 Å². The number of aliphatic carboxylic acids is 1. The zero-order valence-electron chi connectivity index (χ0n) is 36.1. The first-order valence-corrected chi connectivity index (χ1v) is 22.2. The van der Waals surface area contributed by atoms with Crippen LogP contribution < -0.4 is 0 Å². The highest BCUT2D eigenvalue weighted by atomic mass is 16.6. The van der Waals surface area contributed by atoms with Gasteiger partial charge in [0.25, 0.3) is 0 Å². The second-order valence-electron chi connectivity index (χ2n) is 15.9. The fourth-order valence-corrected chi connectivity index (χ4v) is 6.32. The lowest BCUT2D eigenvalue weighted by molar-refractivity contribution is -0.887. The number of esters is 2. The summed E-state index contributed by atoms with van der Waals surface area (Å²) in [4.78, 5) is 36.9. The smallest absolute Gasteiger partial charge is 0.362 e. The fourth-order valence-electron chi connectivity index (χ4n) is 6.32. The maximum atomic E-state index is 12.7. The molecule has 318 valence electrons. The Bertz CT molecular complexity index is 1040. The number of rotatable bonds is 39. The summed E-state index contributed by atoms with van der Waals surface area (Å²) in [7, 11) is 5.52. The number of carbonyl (C=O) groups excluding carboxylic acids is 2. The Hall–Kier alpha value is -2.71. The van der Waals surface area contributed by atoms with Gasteiger partial charge in [-0.3, -0.25) is 9.59 Å². The summed E-state index contributed by atoms with van der Waals surface area (Å²) < 4.78 is 17.2. The van der Waals surface area contributed by atoms with Crippen LogP contribution in [0.4, 0.5) is 0 Å². The molecular formula is C47H84NO7+. The van der Waals surface area contributed by atoms with E-state index < -0.39 is 18.1 Å². The van der Waals surface area contributed by atoms with Crippen LogP contribution in [0.2, 0.25) is 0 Å². The maximum Gasteiger partial charge on any atom is 0.362 e. The van der Waals surface area contributed by atoms with E-state index in [4.69, 9.17) is 14.2 Å². The van der Waals surface area contributed by atoms with E-state index in [1.54, 1.807) is 0 Å². The molecule has 0 saturated heterocycles. The van der Waals surface area contributed by atoms with Gasteiger partial charge in [0.15, 0.2) is 12.1 Å². The predicted molar refractivity (Wildman–Crippen MR) is 229 cm³/mol. The highest BCUT2D eigenvalue weighted by Gasteiger charge is 2.31. The summed E-state index contributed by atoms with van der Waals surface area (Å²) in [6, 6.07) is -0.615. The van der Waals surface area contributed by atoms with Crippen LogP contribution in [0.3, 0.4) is 0 Å². The Balaban J connectivity index is 4.29. The van der Waals surface area contributed by atoms with E-state index in [0.717, 1.165) is 70.6 Å². The van der Waals surface area contributed by atoms with E-state index in [2.05, 4.69) is 62.5 Å². The molecule has 0 fully saturated rings. The molecule has 0 amide bonds. The van der Waals surface area contributed by atoms with Gasteiger partial charge < -0.3 is 23.8 Å². The van der Waals surface area contributed by atoms with Crippen LogP contribution in [0.15, 0.2) is 48.6 Å². The Morgan fingerprint density at radius 3 is 1.51 bits per heavy atom. The monoisotopic (exact) mass is 775 g/mol. The molecule has 0 aliphatic heterocycles. The number of nitrogens with zero attached hydrogens (tertiary/aromatic N) is 1. The van der Waals surface area contributed by atoms with Crippen molar-refractivity contribution >= 4 is 17.9 Å². The van der Waals surface area contributed by atoms with Gasteiger partial charge in [0.1, 0.15) is 6.61 Å². The molecule has 8 nitrogen and oxygen atoms in total. The van der Waals surface area contributed by atoms with E-state index in [9.17, 15) is 19.5 Å². The predicted octanol–water partition coefficient (Wildman–Crippen LogP) is 12.0. The Morgan fingerprint density at radius 2 is 1.02 bits per heavy atom. The number of allylic oxidation sites excluding steroid dienone is 8. The molecule has 0 aliphatic rings. The quantitative estimate of drug-likeness (QED) is 0.0287. The van der Waals surface area contributed by atoms with E-state index in [0.29, 0.717) is 19.3 Å². The first-order valence-electron chi connectivity index (χ1n) is 22.2. The summed E-state index contributed by atoms with van der Waals surface area (Å²) >= 11 is 0. The SMILES string of the molecule is CC/C=C\C/C=C\C/C=C\C/C=C\CCCCCCCCCCC(=O)OC(COCCC(C(=O)O)[N+](C)(C)C)COC(=O)CCCCCCCCCCCC. The molecule has 2 atom stereocenters. The molecule has 0 radical (unpaired) electrons. The minimum Gasteiger partial charge on any atom is -0.477 e. The maximum absolute atomic E-state index is 12.7. The molecule has 1 N–H and O–H groups in total. The van der Waals surface area contributed by atoms with E-state index in [1.165, 1.54) is 77.0 Å². The number of carboxylic acid groups (broad SMARTS) is 1. The molecule has 0 rings (SSSR count). The van der Waals surface area contributed by atoms with Gasteiger partial charge >= 0.3 is 17.9 Å². The standard InChI is InChI=1S/C47H83NO7/c1-6-8-10-12-14-16-18-19-20-21-22-23-24-25-26-27-28-30-32-34-36-38-46(50)55-43(41-53-40-39-44(47(51)52)48(3,4)5)42-54-45(49)37-35-33-31-29-17-15-13-11-9-7-2/h8,10,14,16,19-20,22-23,43-44H,6-7,9,11-13,15,17-18,21,24-42H2,1-5H3/p+1/b10-8-,16-14-,20-19-,23-22-. The largest absolute Gasteiger partial charge is 0.477 e. The van der Waals surface area contributed by atoms with Crippen molar-refractivity contribution in [1.82, 2.24) is 0 Å². The van der Waals surface area contributed by atoms with Crippen molar-refractivity contribution in [2.24, 2.45) is 0 Å². The van der Waals surface area contributed by atoms with Crippen molar-refractivity contribution in [3.8, 4) is 0 Å². The molecule has 8 heteroatoms. The second kappa shape index (κ2) is 38.2. The zero-order valence-corrected chi connectivity index (χ0v) is 36.1. The number of ether oxygens (including phenoxy) is 3. The van der Waals surface area contributed by atoms with Crippen molar-refractivity contribution < 1.29 is 38.2 Å². The third-order valence-corrected chi connectivity index (χ3v) is 9.74. The number of hydrogen-bond acceptors (Lipinski definition) is 6. The van der Waals surface area contributed by atoms with Crippen molar-refractivity contribution in [1.29, 1.82) is 0 Å². The Labute approximate surface area is 337 Å². The normalized spacial score (nSPS) is 13.4. The molecule has 0 bridgehead atoms. The zero-order chi connectivity index (χ0) is 40.7. The van der Waals surface area contributed by atoms with Gasteiger partial charge in [-0.15, -0.1) is 0 Å². The summed E-state index contributed by atoms with van der Waals surface area (Å²) in [5.41, 5.74) is 0. The lowest BCUT2D eigenvalue weighted by Crippen LogP contribution is -2.50. The van der Waals surface area contributed by atoms with Gasteiger partial charge in [-0.1, -0.05) is 159 Å². The number of carboxylic acids is 1. The molecule has 0 heterocycles. The first kappa shape index (κ1) is 52.3. The van der Waals surface area contributed by atoms with Gasteiger partial charge in [-0.2, -0.15) is 0 Å². The summed E-state index contributed by atoms with van der Waals surface area (Å²) in [5, 5.41) is 9.61. The minimum absolute atomic E-state index is 0.0533. The van der Waals surface area contributed by atoms with Crippen molar-refractivity contribution in [3.63, 3.8) is 0 Å². The second-order valence-corrected chi connectivity index (χ2v) is 15.9. The topological polar surface area (TPSA) is 99.1 Å². The van der Waals surface area contributed by atoms with Gasteiger partial charge in [-0.25, -0.2) is 4.79 Å². The van der Waals surface area contributed by atoms with Crippen LogP contribution in [-0.2, 0) is 28.6 Å². The summed E-state index contributed by atoms with van der Waals surface area (Å²) in [6.45, 7) is 4.60. The number of carbonyl (C=O) groups is 3. The Morgan fingerprint density at radius 1 is 0.564 bits per heavy atom. The molecule has 55 heavy (non-hydrogen) atoms.